The Balaban J connectivity index is 0.00000576. The van der Waals surface area contributed by atoms with Crippen LogP contribution in [-0.2, 0) is 16.4 Å². The van der Waals surface area contributed by atoms with Gasteiger partial charge in [-0.3, -0.25) is 4.99 Å². The molecule has 0 bridgehead atoms. The fourth-order valence-corrected chi connectivity index (χ4v) is 3.36. The van der Waals surface area contributed by atoms with Crippen molar-refractivity contribution >= 4 is 40.0 Å². The largest absolute Gasteiger partial charge is 0.357 e. The zero-order chi connectivity index (χ0) is 18.1. The number of hydrogen-bond donors (Lipinski definition) is 3. The van der Waals surface area contributed by atoms with Gasteiger partial charge in [0.2, 0.25) is 10.0 Å². The average Bonchev–Trinajstić information content (AvgIpc) is 2.48. The molecule has 1 aromatic rings. The maximum absolute atomic E-state index is 11.4. The predicted molar refractivity (Wildman–Crippen MR) is 116 cm³/mol. The van der Waals surface area contributed by atoms with Gasteiger partial charge in [-0.1, -0.05) is 30.3 Å². The Hall–Kier alpha value is -0.870. The summed E-state index contributed by atoms with van der Waals surface area (Å²) < 4.78 is 25.3. The van der Waals surface area contributed by atoms with Gasteiger partial charge in [0.1, 0.15) is 0 Å². The Morgan fingerprint density at radius 2 is 1.80 bits per heavy atom. The molecule has 0 spiro atoms. The number of halogens is 1. The fourth-order valence-electron chi connectivity index (χ4n) is 2.30. The van der Waals surface area contributed by atoms with E-state index in [1.165, 1.54) is 5.56 Å². The Morgan fingerprint density at radius 1 is 1.16 bits per heavy atom. The maximum Gasteiger partial charge on any atom is 0.209 e. The van der Waals surface area contributed by atoms with Crippen molar-refractivity contribution < 1.29 is 8.42 Å². The minimum atomic E-state index is -3.25. The standard InChI is InChI=1S/C17H30N4O2S.HI/c1-5-18-16(20-14-17(2,3)21-24(4,22)23)19-13-9-12-15-10-7-6-8-11-15;/h6-8,10-11,21H,5,9,12-14H2,1-4H3,(H2,18,19,20);1H. The maximum atomic E-state index is 11.4. The molecule has 0 fully saturated rings. The minimum absolute atomic E-state index is 0. The van der Waals surface area contributed by atoms with Crippen molar-refractivity contribution in [2.45, 2.75) is 39.2 Å². The molecular weight excluding hydrogens is 451 g/mol. The molecule has 1 rings (SSSR count). The van der Waals surface area contributed by atoms with E-state index in [9.17, 15) is 8.42 Å². The molecule has 0 atom stereocenters. The van der Waals surface area contributed by atoms with Gasteiger partial charge in [-0.25, -0.2) is 13.1 Å². The van der Waals surface area contributed by atoms with Gasteiger partial charge in [0, 0.05) is 18.6 Å². The number of aliphatic imine (C=N–C) groups is 1. The van der Waals surface area contributed by atoms with Crippen LogP contribution in [0.1, 0.15) is 32.8 Å². The quantitative estimate of drug-likeness (QED) is 0.218. The molecule has 0 saturated carbocycles. The monoisotopic (exact) mass is 482 g/mol. The van der Waals surface area contributed by atoms with Crippen molar-refractivity contribution in [3.63, 3.8) is 0 Å². The molecule has 1 aromatic carbocycles. The summed E-state index contributed by atoms with van der Waals surface area (Å²) in [6, 6.07) is 10.4. The zero-order valence-corrected chi connectivity index (χ0v) is 18.6. The normalized spacial score (nSPS) is 12.4. The minimum Gasteiger partial charge on any atom is -0.357 e. The van der Waals surface area contributed by atoms with Gasteiger partial charge < -0.3 is 10.6 Å². The summed E-state index contributed by atoms with van der Waals surface area (Å²) in [7, 11) is -3.25. The molecule has 0 radical (unpaired) electrons. The van der Waals surface area contributed by atoms with Crippen LogP contribution in [0, 0.1) is 0 Å². The van der Waals surface area contributed by atoms with Crippen LogP contribution in [0.25, 0.3) is 0 Å². The molecule has 0 aromatic heterocycles. The Bertz CT molecular complexity index is 619. The van der Waals surface area contributed by atoms with Gasteiger partial charge >= 0.3 is 0 Å². The Kier molecular flexibility index (Phi) is 11.3. The van der Waals surface area contributed by atoms with E-state index in [4.69, 9.17) is 0 Å². The number of nitrogens with zero attached hydrogens (tertiary/aromatic N) is 1. The lowest BCUT2D eigenvalue weighted by atomic mass is 10.1. The number of guanidine groups is 1. The summed E-state index contributed by atoms with van der Waals surface area (Å²) in [5.41, 5.74) is 0.694. The molecule has 144 valence electrons. The van der Waals surface area contributed by atoms with Gasteiger partial charge in [-0.2, -0.15) is 0 Å². The first-order valence-corrected chi connectivity index (χ1v) is 10.2. The van der Waals surface area contributed by atoms with Crippen molar-refractivity contribution in [3.8, 4) is 0 Å². The van der Waals surface area contributed by atoms with E-state index < -0.39 is 15.6 Å². The second kappa shape index (κ2) is 11.7. The zero-order valence-electron chi connectivity index (χ0n) is 15.5. The first kappa shape index (κ1) is 24.1. The summed E-state index contributed by atoms with van der Waals surface area (Å²) in [5.74, 6) is 0.703. The lowest BCUT2D eigenvalue weighted by Crippen LogP contribution is -2.46. The molecule has 0 heterocycles. The summed E-state index contributed by atoms with van der Waals surface area (Å²) in [4.78, 5) is 4.48. The summed E-state index contributed by atoms with van der Waals surface area (Å²) >= 11 is 0. The van der Waals surface area contributed by atoms with Gasteiger partial charge in [0.25, 0.3) is 0 Å². The van der Waals surface area contributed by atoms with Crippen LogP contribution in [-0.4, -0.2) is 45.8 Å². The predicted octanol–water partition coefficient (Wildman–Crippen LogP) is 2.12. The first-order valence-electron chi connectivity index (χ1n) is 8.27. The highest BCUT2D eigenvalue weighted by Crippen LogP contribution is 2.04. The van der Waals surface area contributed by atoms with Crippen molar-refractivity contribution in [2.75, 3.05) is 25.9 Å². The number of benzene rings is 1. The number of aryl methyl sites for hydroxylation is 1. The first-order chi connectivity index (χ1) is 11.2. The molecule has 8 heteroatoms. The van der Waals surface area contributed by atoms with Crippen LogP contribution in [0.5, 0.6) is 0 Å². The highest BCUT2D eigenvalue weighted by molar-refractivity contribution is 14.0. The SMILES string of the molecule is CCNC(=NCC(C)(C)NS(C)(=O)=O)NCCCc1ccccc1.I. The van der Waals surface area contributed by atoms with Crippen LogP contribution in [0.15, 0.2) is 35.3 Å². The smallest absolute Gasteiger partial charge is 0.209 e. The van der Waals surface area contributed by atoms with Crippen LogP contribution in [0.4, 0.5) is 0 Å². The molecule has 0 amide bonds. The molecule has 0 aliphatic heterocycles. The third-order valence-electron chi connectivity index (χ3n) is 3.22. The third kappa shape index (κ3) is 12.2. The molecule has 25 heavy (non-hydrogen) atoms. The van der Waals surface area contributed by atoms with E-state index in [2.05, 4.69) is 32.5 Å². The molecule has 0 unspecified atom stereocenters. The van der Waals surface area contributed by atoms with E-state index >= 15 is 0 Å². The van der Waals surface area contributed by atoms with Crippen molar-refractivity contribution in [3.05, 3.63) is 35.9 Å². The topological polar surface area (TPSA) is 82.6 Å². The van der Waals surface area contributed by atoms with E-state index in [0.29, 0.717) is 12.5 Å². The van der Waals surface area contributed by atoms with Crippen LogP contribution in [0.2, 0.25) is 0 Å². The highest BCUT2D eigenvalue weighted by Gasteiger charge is 2.21. The third-order valence-corrected chi connectivity index (χ3v) is 4.14. The molecule has 0 saturated heterocycles. The molecule has 3 N–H and O–H groups in total. The number of nitrogens with one attached hydrogen (secondary N) is 3. The molecular formula is C17H31IN4O2S. The van der Waals surface area contributed by atoms with E-state index in [0.717, 1.165) is 32.2 Å². The van der Waals surface area contributed by atoms with Gasteiger partial charge in [0.15, 0.2) is 5.96 Å². The Labute approximate surface area is 169 Å². The molecule has 0 aliphatic rings. The average molecular weight is 482 g/mol. The lowest BCUT2D eigenvalue weighted by Gasteiger charge is -2.23. The fraction of sp³-hybridized carbons (Fsp3) is 0.588. The van der Waals surface area contributed by atoms with Gasteiger partial charge in [0.05, 0.1) is 12.8 Å². The van der Waals surface area contributed by atoms with E-state index in [-0.39, 0.29) is 24.0 Å². The summed E-state index contributed by atoms with van der Waals surface area (Å²) in [5, 5.41) is 6.47. The number of hydrogen-bond acceptors (Lipinski definition) is 3. The summed E-state index contributed by atoms with van der Waals surface area (Å²) in [6.07, 6.45) is 3.17. The van der Waals surface area contributed by atoms with E-state index in [1.807, 2.05) is 39.0 Å². The van der Waals surface area contributed by atoms with Crippen molar-refractivity contribution in [1.82, 2.24) is 15.4 Å². The number of sulfonamides is 1. The van der Waals surface area contributed by atoms with Crippen molar-refractivity contribution in [2.24, 2.45) is 4.99 Å². The second-order valence-electron chi connectivity index (χ2n) is 6.47. The van der Waals surface area contributed by atoms with Crippen molar-refractivity contribution in [1.29, 1.82) is 0 Å². The van der Waals surface area contributed by atoms with E-state index in [1.54, 1.807) is 0 Å². The Morgan fingerprint density at radius 3 is 2.36 bits per heavy atom. The van der Waals surface area contributed by atoms with Crippen LogP contribution >= 0.6 is 24.0 Å². The summed E-state index contributed by atoms with van der Waals surface area (Å²) in [6.45, 7) is 7.55. The van der Waals surface area contributed by atoms with Crippen LogP contribution < -0.4 is 15.4 Å². The second-order valence-corrected chi connectivity index (χ2v) is 8.22. The lowest BCUT2D eigenvalue weighted by molar-refractivity contribution is 0.464. The van der Waals surface area contributed by atoms with Crippen LogP contribution in [0.3, 0.4) is 0 Å². The molecule has 0 aliphatic carbocycles. The molecule has 6 nitrogen and oxygen atoms in total. The van der Waals surface area contributed by atoms with Gasteiger partial charge in [-0.05, 0) is 39.2 Å². The number of rotatable bonds is 9. The highest BCUT2D eigenvalue weighted by atomic mass is 127. The van der Waals surface area contributed by atoms with Gasteiger partial charge in [-0.15, -0.1) is 24.0 Å².